The first kappa shape index (κ1) is 38.7. The van der Waals surface area contributed by atoms with E-state index in [1.165, 1.54) is 4.90 Å². The molecule has 1 spiro atoms. The van der Waals surface area contributed by atoms with Crippen LogP contribution in [0.2, 0.25) is 0 Å². The molecule has 54 heavy (non-hydrogen) atoms. The highest BCUT2D eigenvalue weighted by molar-refractivity contribution is 6.05. The van der Waals surface area contributed by atoms with Crippen molar-refractivity contribution in [1.29, 1.82) is 0 Å². The van der Waals surface area contributed by atoms with Crippen LogP contribution >= 0.6 is 0 Å². The summed E-state index contributed by atoms with van der Waals surface area (Å²) in [5, 5.41) is 13.9. The molecular weight excluding hydrogens is 682 g/mol. The van der Waals surface area contributed by atoms with Crippen molar-refractivity contribution in [2.75, 3.05) is 18.1 Å². The van der Waals surface area contributed by atoms with Crippen molar-refractivity contribution in [3.63, 3.8) is 0 Å². The van der Waals surface area contributed by atoms with E-state index < -0.39 is 66.3 Å². The summed E-state index contributed by atoms with van der Waals surface area (Å²) < 4.78 is 13.1. The summed E-state index contributed by atoms with van der Waals surface area (Å²) in [6, 6.07) is 22.1. The standard InChI is InChI=1S/C44H51N3O7/c1-6-8-19-36(49)45-30(5)39(32-17-13-10-14-18-32)53-43(52)37-35-22-23-44(54-35)38(37)41(50)47(33(27-48)26-31-15-11-9-12-16-31)40(44)42(51)46(24-7-2)34-25-28(3)20-21-29(34)4/h6-7,9-18,20-21,25,30,33,35,37-40,48H,1-2,8,19,22-24,26-27H2,3-5H3,(H,45,49)/t30-,33-,35-,37+,38+,39-,40-,44+/m1/s1. The van der Waals surface area contributed by atoms with Crippen LogP contribution in [0.3, 0.4) is 0 Å². The maximum absolute atomic E-state index is 15.2. The molecule has 3 aliphatic heterocycles. The van der Waals surface area contributed by atoms with Gasteiger partial charge in [0, 0.05) is 18.7 Å². The van der Waals surface area contributed by atoms with E-state index in [1.54, 1.807) is 24.0 Å². The molecule has 3 aromatic carbocycles. The van der Waals surface area contributed by atoms with E-state index in [1.807, 2.05) is 92.7 Å². The van der Waals surface area contributed by atoms with Gasteiger partial charge in [0.25, 0.3) is 5.91 Å². The minimum Gasteiger partial charge on any atom is -0.455 e. The highest BCUT2D eigenvalue weighted by atomic mass is 16.6. The molecule has 3 aromatic rings. The summed E-state index contributed by atoms with van der Waals surface area (Å²) in [6.07, 6.45) is 3.66. The second kappa shape index (κ2) is 16.5. The van der Waals surface area contributed by atoms with Crippen molar-refractivity contribution < 1.29 is 33.8 Å². The van der Waals surface area contributed by atoms with E-state index in [-0.39, 0.29) is 31.2 Å². The van der Waals surface area contributed by atoms with Crippen LogP contribution in [0.15, 0.2) is 104 Å². The molecule has 284 valence electrons. The monoisotopic (exact) mass is 733 g/mol. The van der Waals surface area contributed by atoms with Crippen LogP contribution in [0.25, 0.3) is 0 Å². The first-order valence-corrected chi connectivity index (χ1v) is 18.8. The average Bonchev–Trinajstić information content (AvgIpc) is 3.83. The molecule has 10 heteroatoms. The number of amides is 3. The van der Waals surface area contributed by atoms with Gasteiger partial charge in [-0.15, -0.1) is 13.2 Å². The number of esters is 1. The number of carbonyl (C=O) groups is 4. The number of aryl methyl sites for hydroxylation is 2. The third kappa shape index (κ3) is 7.37. The Morgan fingerprint density at radius 2 is 1.76 bits per heavy atom. The predicted molar refractivity (Wildman–Crippen MR) is 206 cm³/mol. The summed E-state index contributed by atoms with van der Waals surface area (Å²) in [7, 11) is 0. The third-order valence-electron chi connectivity index (χ3n) is 11.2. The van der Waals surface area contributed by atoms with Gasteiger partial charge in [0.15, 0.2) is 0 Å². The number of likely N-dealkylation sites (tertiary alicyclic amines) is 1. The van der Waals surface area contributed by atoms with Crippen LogP contribution in [0.4, 0.5) is 5.69 Å². The maximum atomic E-state index is 15.2. The Hall–Kier alpha value is -5.06. The number of benzene rings is 3. The van der Waals surface area contributed by atoms with E-state index in [0.717, 1.165) is 16.7 Å². The Balaban J connectivity index is 1.39. The summed E-state index contributed by atoms with van der Waals surface area (Å²) in [4.78, 5) is 60.7. The van der Waals surface area contributed by atoms with Gasteiger partial charge in [0.2, 0.25) is 11.8 Å². The maximum Gasteiger partial charge on any atom is 0.313 e. The van der Waals surface area contributed by atoms with E-state index >= 15 is 9.59 Å². The molecule has 3 amide bonds. The Kier molecular flexibility index (Phi) is 11.8. The second-order valence-corrected chi connectivity index (χ2v) is 14.8. The summed E-state index contributed by atoms with van der Waals surface area (Å²) >= 11 is 0. The van der Waals surface area contributed by atoms with Crippen LogP contribution in [0.5, 0.6) is 0 Å². The lowest BCUT2D eigenvalue weighted by Crippen LogP contribution is -2.59. The summed E-state index contributed by atoms with van der Waals surface area (Å²) in [5.41, 5.74) is 2.76. The number of nitrogens with zero attached hydrogens (tertiary/aromatic N) is 2. The Labute approximate surface area is 317 Å². The normalized spacial score (nSPS) is 24.3. The van der Waals surface area contributed by atoms with Crippen molar-refractivity contribution in [2.24, 2.45) is 11.8 Å². The topological polar surface area (TPSA) is 125 Å². The van der Waals surface area contributed by atoms with Gasteiger partial charge in [-0.25, -0.2) is 0 Å². The van der Waals surface area contributed by atoms with Gasteiger partial charge in [-0.3, -0.25) is 19.2 Å². The first-order chi connectivity index (χ1) is 26.0. The van der Waals surface area contributed by atoms with E-state index in [0.29, 0.717) is 30.5 Å². The lowest BCUT2D eigenvalue weighted by Gasteiger charge is -2.39. The molecule has 2 N–H and O–H groups in total. The van der Waals surface area contributed by atoms with Crippen LogP contribution in [0.1, 0.15) is 61.0 Å². The lowest BCUT2D eigenvalue weighted by molar-refractivity contribution is -0.162. The molecule has 6 rings (SSSR count). The third-order valence-corrected chi connectivity index (χ3v) is 11.2. The number of hydrogen-bond acceptors (Lipinski definition) is 7. The van der Waals surface area contributed by atoms with E-state index in [4.69, 9.17) is 9.47 Å². The fraction of sp³-hybridized carbons (Fsp3) is 0.409. The smallest absolute Gasteiger partial charge is 0.313 e. The molecule has 3 saturated heterocycles. The van der Waals surface area contributed by atoms with E-state index in [2.05, 4.69) is 18.5 Å². The largest absolute Gasteiger partial charge is 0.455 e. The minimum absolute atomic E-state index is 0.176. The van der Waals surface area contributed by atoms with Crippen LogP contribution in [-0.2, 0) is 35.1 Å². The molecule has 3 heterocycles. The molecule has 0 aliphatic carbocycles. The van der Waals surface area contributed by atoms with E-state index in [9.17, 15) is 14.7 Å². The van der Waals surface area contributed by atoms with Gasteiger partial charge >= 0.3 is 5.97 Å². The summed E-state index contributed by atoms with van der Waals surface area (Å²) in [6.45, 7) is 13.1. The highest BCUT2D eigenvalue weighted by Gasteiger charge is 2.75. The molecule has 10 nitrogen and oxygen atoms in total. The zero-order valence-corrected chi connectivity index (χ0v) is 31.4. The molecule has 3 aliphatic rings. The lowest BCUT2D eigenvalue weighted by atomic mass is 9.70. The Morgan fingerprint density at radius 3 is 2.43 bits per heavy atom. The quantitative estimate of drug-likeness (QED) is 0.146. The van der Waals surface area contributed by atoms with Crippen molar-refractivity contribution in [1.82, 2.24) is 10.2 Å². The fourth-order valence-electron chi connectivity index (χ4n) is 8.70. The molecule has 2 bridgehead atoms. The molecular formula is C44H51N3O7. The van der Waals surface area contributed by atoms with Crippen LogP contribution < -0.4 is 10.2 Å². The molecule has 3 fully saturated rings. The van der Waals surface area contributed by atoms with Crippen LogP contribution in [-0.4, -0.2) is 76.7 Å². The zero-order valence-electron chi connectivity index (χ0n) is 31.4. The number of rotatable bonds is 16. The molecule has 0 radical (unpaired) electrons. The van der Waals surface area contributed by atoms with Gasteiger partial charge < -0.3 is 29.7 Å². The van der Waals surface area contributed by atoms with Crippen LogP contribution in [0, 0.1) is 25.7 Å². The van der Waals surface area contributed by atoms with Gasteiger partial charge in [0.1, 0.15) is 17.7 Å². The average molecular weight is 734 g/mol. The minimum atomic E-state index is -1.34. The number of carbonyl (C=O) groups excluding carboxylic acids is 4. The highest BCUT2D eigenvalue weighted by Crippen LogP contribution is 2.59. The second-order valence-electron chi connectivity index (χ2n) is 14.8. The fourth-order valence-corrected chi connectivity index (χ4v) is 8.70. The SMILES string of the molecule is C=CCCC(=O)N[C@H](C)[C@@H](OC(=O)[C@@H]1[C@H]2C(=O)N([C@@H](CO)Cc3ccccc3)[C@H](C(=O)N(CC=C)c3cc(C)ccc3C)[C@]23CC[C@H]1O3)c1ccccc1. The number of ether oxygens (including phenoxy) is 2. The number of hydrogen-bond donors (Lipinski definition) is 2. The van der Waals surface area contributed by atoms with Gasteiger partial charge in [-0.05, 0) is 74.8 Å². The number of fused-ring (bicyclic) bond motifs is 1. The molecule has 8 atom stereocenters. The van der Waals surface area contributed by atoms with Gasteiger partial charge in [0.05, 0.1) is 36.6 Å². The number of allylic oxidation sites excluding steroid dienone is 1. The number of anilines is 1. The van der Waals surface area contributed by atoms with Gasteiger partial charge in [-0.2, -0.15) is 0 Å². The van der Waals surface area contributed by atoms with Crippen molar-refractivity contribution in [3.05, 3.63) is 126 Å². The van der Waals surface area contributed by atoms with Crippen molar-refractivity contribution in [2.45, 2.75) is 88.8 Å². The number of nitrogens with one attached hydrogen (secondary N) is 1. The predicted octanol–water partition coefficient (Wildman–Crippen LogP) is 5.56. The van der Waals surface area contributed by atoms with Gasteiger partial charge in [-0.1, -0.05) is 84.9 Å². The van der Waals surface area contributed by atoms with Crippen molar-refractivity contribution in [3.8, 4) is 0 Å². The molecule has 0 saturated carbocycles. The molecule has 0 aromatic heterocycles. The Morgan fingerprint density at radius 1 is 1.06 bits per heavy atom. The summed E-state index contributed by atoms with van der Waals surface area (Å²) in [5.74, 6) is -3.65. The zero-order chi connectivity index (χ0) is 38.6. The Bertz CT molecular complexity index is 1870. The first-order valence-electron chi connectivity index (χ1n) is 18.8. The number of aliphatic hydroxyl groups is 1. The van der Waals surface area contributed by atoms with Crippen molar-refractivity contribution >= 4 is 29.4 Å². The molecule has 0 unspecified atom stereocenters. The number of aliphatic hydroxyl groups excluding tert-OH is 1.